The van der Waals surface area contributed by atoms with Gasteiger partial charge in [0, 0.05) is 33.8 Å². The van der Waals surface area contributed by atoms with Crippen LogP contribution >= 0.6 is 0 Å². The molecule has 0 atom stereocenters. The maximum atomic E-state index is 11.7. The van der Waals surface area contributed by atoms with Gasteiger partial charge in [0.25, 0.3) is 0 Å². The molecule has 7 nitrogen and oxygen atoms in total. The van der Waals surface area contributed by atoms with Crippen LogP contribution in [-0.2, 0) is 28.5 Å². The van der Waals surface area contributed by atoms with Gasteiger partial charge in [0.05, 0.1) is 46.2 Å². The van der Waals surface area contributed by atoms with Crippen LogP contribution in [0.15, 0.2) is 0 Å². The first-order valence-corrected chi connectivity index (χ1v) is 9.79. The average molecular weight is 378 g/mol. The molecule has 1 N–H and O–H groups in total. The normalized spacial score (nSPS) is 11.0. The number of unbranched alkanes of at least 4 members (excludes halogenated alkanes) is 5. The Hall–Kier alpha value is -0.730. The molecule has 0 aliphatic rings. The topological polar surface area (TPSA) is 75.3 Å². The standard InChI is InChI=1S/C19H39NO6/c1-22-11-8-6-4-3-5-7-9-19(21)20-10-12-24-15-16-26-18-17-25-14-13-23-2/h3-18H2,1-2H3,(H,20,21). The molecule has 0 spiro atoms. The fraction of sp³-hybridized carbons (Fsp3) is 0.947. The van der Waals surface area contributed by atoms with E-state index in [1.54, 1.807) is 14.2 Å². The molecule has 1 amide bonds. The molecule has 0 aromatic rings. The van der Waals surface area contributed by atoms with Crippen molar-refractivity contribution < 1.29 is 28.5 Å². The minimum absolute atomic E-state index is 0.109. The molecule has 0 unspecified atom stereocenters. The molecular formula is C19H39NO6. The number of rotatable bonds is 21. The fourth-order valence-corrected chi connectivity index (χ4v) is 2.27. The quantitative estimate of drug-likeness (QED) is 0.309. The third-order valence-electron chi connectivity index (χ3n) is 3.75. The Morgan fingerprint density at radius 2 is 1.12 bits per heavy atom. The van der Waals surface area contributed by atoms with Crippen LogP contribution in [0.3, 0.4) is 0 Å². The Morgan fingerprint density at radius 3 is 1.73 bits per heavy atom. The summed E-state index contributed by atoms with van der Waals surface area (Å²) in [6.45, 7) is 5.27. The molecule has 0 bridgehead atoms. The van der Waals surface area contributed by atoms with Crippen molar-refractivity contribution in [2.24, 2.45) is 0 Å². The van der Waals surface area contributed by atoms with Crippen LogP contribution in [-0.4, -0.2) is 79.5 Å². The highest BCUT2D eigenvalue weighted by Gasteiger charge is 2.00. The summed E-state index contributed by atoms with van der Waals surface area (Å²) >= 11 is 0. The highest BCUT2D eigenvalue weighted by molar-refractivity contribution is 5.75. The van der Waals surface area contributed by atoms with E-state index in [1.165, 1.54) is 19.3 Å². The molecule has 0 aliphatic carbocycles. The van der Waals surface area contributed by atoms with Gasteiger partial charge in [0.2, 0.25) is 5.91 Å². The lowest BCUT2D eigenvalue weighted by Gasteiger charge is -2.08. The van der Waals surface area contributed by atoms with Crippen LogP contribution in [0.25, 0.3) is 0 Å². The van der Waals surface area contributed by atoms with E-state index in [-0.39, 0.29) is 5.91 Å². The van der Waals surface area contributed by atoms with Gasteiger partial charge in [0.1, 0.15) is 0 Å². The van der Waals surface area contributed by atoms with Crippen LogP contribution in [0.2, 0.25) is 0 Å². The van der Waals surface area contributed by atoms with Gasteiger partial charge >= 0.3 is 0 Å². The van der Waals surface area contributed by atoms with E-state index in [2.05, 4.69) is 5.32 Å². The molecule has 0 aliphatic heterocycles. The van der Waals surface area contributed by atoms with Crippen molar-refractivity contribution in [3.8, 4) is 0 Å². The van der Waals surface area contributed by atoms with Gasteiger partial charge in [-0.3, -0.25) is 4.79 Å². The second-order valence-corrected chi connectivity index (χ2v) is 6.04. The number of amides is 1. The zero-order chi connectivity index (χ0) is 19.1. The van der Waals surface area contributed by atoms with Crippen molar-refractivity contribution in [3.63, 3.8) is 0 Å². The van der Waals surface area contributed by atoms with Gasteiger partial charge in [-0.2, -0.15) is 0 Å². The Labute approximate surface area is 159 Å². The van der Waals surface area contributed by atoms with Gasteiger partial charge in [-0.1, -0.05) is 25.7 Å². The molecule has 0 fully saturated rings. The number of hydrogen-bond acceptors (Lipinski definition) is 6. The van der Waals surface area contributed by atoms with Crippen LogP contribution in [0.5, 0.6) is 0 Å². The fourth-order valence-electron chi connectivity index (χ4n) is 2.27. The van der Waals surface area contributed by atoms with E-state index >= 15 is 0 Å². The Kier molecular flexibility index (Phi) is 21.7. The van der Waals surface area contributed by atoms with Crippen LogP contribution in [0, 0.1) is 0 Å². The molecule has 0 saturated heterocycles. The predicted molar refractivity (Wildman–Crippen MR) is 102 cm³/mol. The third-order valence-corrected chi connectivity index (χ3v) is 3.75. The number of methoxy groups -OCH3 is 2. The van der Waals surface area contributed by atoms with Crippen LogP contribution in [0.4, 0.5) is 0 Å². The highest BCUT2D eigenvalue weighted by Crippen LogP contribution is 2.07. The molecular weight excluding hydrogens is 338 g/mol. The number of hydrogen-bond donors (Lipinski definition) is 1. The van der Waals surface area contributed by atoms with E-state index in [1.807, 2.05) is 0 Å². The minimum atomic E-state index is 0.109. The molecule has 0 saturated carbocycles. The lowest BCUT2D eigenvalue weighted by molar-refractivity contribution is -0.121. The van der Waals surface area contributed by atoms with Crippen molar-refractivity contribution in [3.05, 3.63) is 0 Å². The smallest absolute Gasteiger partial charge is 0.220 e. The molecule has 0 heterocycles. The van der Waals surface area contributed by atoms with Crippen molar-refractivity contribution in [1.82, 2.24) is 5.32 Å². The van der Waals surface area contributed by atoms with E-state index in [4.69, 9.17) is 23.7 Å². The molecule has 0 radical (unpaired) electrons. The Bertz CT molecular complexity index is 291. The maximum absolute atomic E-state index is 11.7. The van der Waals surface area contributed by atoms with Crippen molar-refractivity contribution >= 4 is 5.91 Å². The zero-order valence-corrected chi connectivity index (χ0v) is 16.8. The van der Waals surface area contributed by atoms with Gasteiger partial charge in [-0.15, -0.1) is 0 Å². The van der Waals surface area contributed by atoms with E-state index in [9.17, 15) is 4.79 Å². The van der Waals surface area contributed by atoms with Crippen molar-refractivity contribution in [2.75, 3.05) is 73.6 Å². The maximum Gasteiger partial charge on any atom is 0.220 e. The van der Waals surface area contributed by atoms with Gasteiger partial charge < -0.3 is 29.0 Å². The van der Waals surface area contributed by atoms with Crippen molar-refractivity contribution in [1.29, 1.82) is 0 Å². The van der Waals surface area contributed by atoms with E-state index in [0.29, 0.717) is 59.2 Å². The van der Waals surface area contributed by atoms with Gasteiger partial charge in [-0.25, -0.2) is 0 Å². The molecule has 0 aromatic carbocycles. The monoisotopic (exact) mass is 377 g/mol. The van der Waals surface area contributed by atoms with Crippen LogP contribution in [0.1, 0.15) is 44.9 Å². The zero-order valence-electron chi connectivity index (χ0n) is 16.8. The summed E-state index contributed by atoms with van der Waals surface area (Å²) in [5.74, 6) is 0.109. The number of nitrogens with one attached hydrogen (secondary N) is 1. The third kappa shape index (κ3) is 21.3. The number of ether oxygens (including phenoxy) is 5. The summed E-state index contributed by atoms with van der Waals surface area (Å²) in [6, 6.07) is 0. The Balaban J connectivity index is 3.13. The largest absolute Gasteiger partial charge is 0.385 e. The summed E-state index contributed by atoms with van der Waals surface area (Å²) in [5.41, 5.74) is 0. The minimum Gasteiger partial charge on any atom is -0.385 e. The van der Waals surface area contributed by atoms with Gasteiger partial charge in [-0.05, 0) is 12.8 Å². The molecule has 7 heteroatoms. The summed E-state index contributed by atoms with van der Waals surface area (Å²) in [6.07, 6.45) is 7.43. The van der Waals surface area contributed by atoms with Crippen LogP contribution < -0.4 is 5.32 Å². The lowest BCUT2D eigenvalue weighted by Crippen LogP contribution is -2.27. The first kappa shape index (κ1) is 25.3. The second kappa shape index (κ2) is 22.3. The SMILES string of the molecule is COCCCCCCCCC(=O)NCCOCCOCCOCCOC. The highest BCUT2D eigenvalue weighted by atomic mass is 16.6. The summed E-state index contributed by atoms with van der Waals surface area (Å²) < 4.78 is 25.9. The predicted octanol–water partition coefficient (Wildman–Crippen LogP) is 2.18. The summed E-state index contributed by atoms with van der Waals surface area (Å²) in [7, 11) is 3.38. The Morgan fingerprint density at radius 1 is 0.615 bits per heavy atom. The lowest BCUT2D eigenvalue weighted by atomic mass is 10.1. The first-order chi connectivity index (χ1) is 12.8. The van der Waals surface area contributed by atoms with E-state index < -0.39 is 0 Å². The van der Waals surface area contributed by atoms with Gasteiger partial charge in [0.15, 0.2) is 0 Å². The molecule has 0 rings (SSSR count). The summed E-state index contributed by atoms with van der Waals surface area (Å²) in [5, 5.41) is 2.88. The number of carbonyl (C=O) groups is 1. The number of carbonyl (C=O) groups excluding carboxylic acids is 1. The second-order valence-electron chi connectivity index (χ2n) is 6.04. The summed E-state index contributed by atoms with van der Waals surface area (Å²) in [4.78, 5) is 11.7. The van der Waals surface area contributed by atoms with Crippen molar-refractivity contribution in [2.45, 2.75) is 44.9 Å². The molecule has 26 heavy (non-hydrogen) atoms. The molecule has 156 valence electrons. The first-order valence-electron chi connectivity index (χ1n) is 9.79. The van der Waals surface area contributed by atoms with E-state index in [0.717, 1.165) is 25.9 Å². The molecule has 0 aromatic heterocycles. The average Bonchev–Trinajstić information content (AvgIpc) is 2.65.